The van der Waals surface area contributed by atoms with Crippen molar-refractivity contribution in [1.82, 2.24) is 0 Å². The molecule has 12 heavy (non-hydrogen) atoms. The Bertz CT molecular complexity index is 359. The fourth-order valence-electron chi connectivity index (χ4n) is 1.36. The molecule has 4 nitrogen and oxygen atoms in total. The van der Waals surface area contributed by atoms with Gasteiger partial charge in [-0.2, -0.15) is 4.79 Å². The Hall–Kier alpha value is -1.67. The van der Waals surface area contributed by atoms with E-state index in [1.807, 2.05) is 12.2 Å². The van der Waals surface area contributed by atoms with Crippen LogP contribution < -0.4 is 0 Å². The van der Waals surface area contributed by atoms with Crippen molar-refractivity contribution >= 4 is 11.7 Å². The van der Waals surface area contributed by atoms with Crippen molar-refractivity contribution in [2.24, 2.45) is 0 Å². The van der Waals surface area contributed by atoms with Crippen molar-refractivity contribution in [3.05, 3.63) is 28.8 Å². The fourth-order valence-corrected chi connectivity index (χ4v) is 1.36. The second-order valence-electron chi connectivity index (χ2n) is 2.63. The number of nitrogens with zero attached hydrogens (tertiary/aromatic N) is 2. The van der Waals surface area contributed by atoms with E-state index in [9.17, 15) is 4.79 Å². The lowest BCUT2D eigenvalue weighted by molar-refractivity contribution is -0.135. The summed E-state index contributed by atoms with van der Waals surface area (Å²) in [5.41, 5.74) is 10.2. The van der Waals surface area contributed by atoms with Crippen molar-refractivity contribution < 1.29 is 14.3 Å². The van der Waals surface area contributed by atoms with E-state index >= 15 is 0 Å². The lowest BCUT2D eigenvalue weighted by atomic mass is 9.98. The number of hydrogen-bond donors (Lipinski definition) is 0. The van der Waals surface area contributed by atoms with Crippen molar-refractivity contribution in [3.8, 4) is 0 Å². The Morgan fingerprint density at radius 3 is 3.17 bits per heavy atom. The second kappa shape index (κ2) is 2.43. The van der Waals surface area contributed by atoms with E-state index in [-0.39, 0.29) is 5.97 Å². The summed E-state index contributed by atoms with van der Waals surface area (Å²) in [6, 6.07) is 0. The number of allylic oxidation sites excluding steroid dienone is 1. The Morgan fingerprint density at radius 1 is 1.58 bits per heavy atom. The topological polar surface area (TPSA) is 62.7 Å². The number of cyclic esters (lactones) is 1. The molecule has 0 unspecified atom stereocenters. The fraction of sp³-hybridized carbons (Fsp3) is 0.250. The second-order valence-corrected chi connectivity index (χ2v) is 2.63. The number of carbonyl (C=O) groups excluding carboxylic acids is 1. The summed E-state index contributed by atoms with van der Waals surface area (Å²) in [7, 11) is 0. The molecule has 1 aliphatic heterocycles. The Labute approximate surface area is 68.8 Å². The van der Waals surface area contributed by atoms with Crippen LogP contribution in [0.2, 0.25) is 0 Å². The van der Waals surface area contributed by atoms with Gasteiger partial charge >= 0.3 is 11.7 Å². The predicted molar refractivity (Wildman–Crippen MR) is 40.4 cm³/mol. The van der Waals surface area contributed by atoms with E-state index in [0.717, 1.165) is 5.57 Å². The van der Waals surface area contributed by atoms with Gasteiger partial charge in [0.05, 0.1) is 6.42 Å². The molecule has 0 aromatic rings. The van der Waals surface area contributed by atoms with Gasteiger partial charge in [-0.25, -0.2) is 4.79 Å². The van der Waals surface area contributed by atoms with Gasteiger partial charge in [0.1, 0.15) is 6.61 Å². The predicted octanol–water partition coefficient (Wildman–Crippen LogP) is 0.471. The van der Waals surface area contributed by atoms with Gasteiger partial charge in [-0.15, -0.1) is 0 Å². The summed E-state index contributed by atoms with van der Waals surface area (Å²) in [6.07, 6.45) is 4.16. The molecular formula is C8H6N2O2. The minimum Gasteiger partial charge on any atom is -0.457 e. The van der Waals surface area contributed by atoms with Crippen LogP contribution in [0.15, 0.2) is 23.3 Å². The van der Waals surface area contributed by atoms with Gasteiger partial charge in [-0.1, -0.05) is 12.2 Å². The van der Waals surface area contributed by atoms with Gasteiger partial charge in [-0.3, -0.25) is 0 Å². The highest BCUT2D eigenvalue weighted by Gasteiger charge is 2.34. The molecule has 0 amide bonds. The van der Waals surface area contributed by atoms with E-state index in [1.165, 1.54) is 0 Å². The SMILES string of the molecule is [N-]=[N+]=C1CC=CC2=C1C(=O)OC2. The third-order valence-electron chi connectivity index (χ3n) is 1.92. The molecule has 1 aliphatic carbocycles. The van der Waals surface area contributed by atoms with Crippen molar-refractivity contribution in [2.45, 2.75) is 6.42 Å². The van der Waals surface area contributed by atoms with Crippen LogP contribution in [0.4, 0.5) is 0 Å². The van der Waals surface area contributed by atoms with Crippen LogP contribution in [0.5, 0.6) is 0 Å². The lowest BCUT2D eigenvalue weighted by Crippen LogP contribution is -2.13. The standard InChI is InChI=1S/C8H6N2O2/c9-10-6-3-1-2-5-4-12-8(11)7(5)6/h1-2H,3-4H2. The molecule has 60 valence electrons. The zero-order chi connectivity index (χ0) is 8.55. The van der Waals surface area contributed by atoms with Gasteiger partial charge in [-0.05, 0) is 0 Å². The number of hydrogen-bond acceptors (Lipinski definition) is 2. The summed E-state index contributed by atoms with van der Waals surface area (Å²) in [5, 5.41) is 0. The molecule has 0 atom stereocenters. The highest BCUT2D eigenvalue weighted by atomic mass is 16.5. The van der Waals surface area contributed by atoms with Gasteiger partial charge in [0.2, 0.25) is 0 Å². The molecule has 4 heteroatoms. The quantitative estimate of drug-likeness (QED) is 0.295. The van der Waals surface area contributed by atoms with Gasteiger partial charge < -0.3 is 10.3 Å². The van der Waals surface area contributed by atoms with Crippen molar-refractivity contribution in [3.63, 3.8) is 0 Å². The first-order valence-electron chi connectivity index (χ1n) is 3.61. The van der Waals surface area contributed by atoms with Gasteiger partial charge in [0.15, 0.2) is 5.57 Å². The molecule has 0 N–H and O–H groups in total. The molecule has 0 radical (unpaired) electrons. The first-order valence-corrected chi connectivity index (χ1v) is 3.61. The van der Waals surface area contributed by atoms with Crippen LogP contribution in [0.25, 0.3) is 5.53 Å². The van der Waals surface area contributed by atoms with Crippen molar-refractivity contribution in [1.29, 1.82) is 0 Å². The summed E-state index contributed by atoms with van der Waals surface area (Å²) in [6.45, 7) is 0.295. The summed E-state index contributed by atoms with van der Waals surface area (Å²) in [4.78, 5) is 14.1. The van der Waals surface area contributed by atoms with Gasteiger partial charge in [0.25, 0.3) is 0 Å². The average Bonchev–Trinajstić information content (AvgIpc) is 2.48. The molecular weight excluding hydrogens is 156 g/mol. The van der Waals surface area contributed by atoms with E-state index in [1.54, 1.807) is 0 Å². The smallest absolute Gasteiger partial charge is 0.346 e. The highest BCUT2D eigenvalue weighted by Crippen LogP contribution is 2.22. The van der Waals surface area contributed by atoms with E-state index < -0.39 is 0 Å². The first-order chi connectivity index (χ1) is 5.83. The van der Waals surface area contributed by atoms with E-state index in [2.05, 4.69) is 4.79 Å². The van der Waals surface area contributed by atoms with Gasteiger partial charge in [0, 0.05) is 5.57 Å². The molecule has 1 heterocycles. The Balaban J connectivity index is 2.56. The minimum atomic E-state index is -0.387. The molecule has 0 aromatic heterocycles. The molecule has 2 aliphatic rings. The van der Waals surface area contributed by atoms with Crippen LogP contribution in [0.1, 0.15) is 6.42 Å². The lowest BCUT2D eigenvalue weighted by Gasteiger charge is -1.97. The largest absolute Gasteiger partial charge is 0.457 e. The normalized spacial score (nSPS) is 20.7. The number of esters is 1. The number of ether oxygens (including phenoxy) is 1. The highest BCUT2D eigenvalue weighted by molar-refractivity contribution is 6.20. The third kappa shape index (κ3) is 0.822. The van der Waals surface area contributed by atoms with E-state index in [0.29, 0.717) is 24.3 Å². The maximum Gasteiger partial charge on any atom is 0.346 e. The third-order valence-corrected chi connectivity index (χ3v) is 1.92. The minimum absolute atomic E-state index is 0.295. The average molecular weight is 162 g/mol. The molecule has 0 aromatic carbocycles. The maximum absolute atomic E-state index is 11.1. The number of rotatable bonds is 0. The van der Waals surface area contributed by atoms with E-state index in [4.69, 9.17) is 10.3 Å². The Kier molecular flexibility index (Phi) is 1.42. The molecule has 0 fully saturated rings. The summed E-state index contributed by atoms with van der Waals surface area (Å²) >= 11 is 0. The molecule has 0 bridgehead atoms. The van der Waals surface area contributed by atoms with Crippen LogP contribution in [-0.2, 0) is 9.53 Å². The molecule has 0 spiro atoms. The van der Waals surface area contributed by atoms with Crippen LogP contribution in [0, 0.1) is 0 Å². The zero-order valence-corrected chi connectivity index (χ0v) is 6.28. The molecule has 0 saturated carbocycles. The Morgan fingerprint density at radius 2 is 2.42 bits per heavy atom. The number of carbonyl (C=O) groups is 1. The summed E-state index contributed by atoms with van der Waals surface area (Å²) in [5.74, 6) is -0.387. The van der Waals surface area contributed by atoms with Crippen LogP contribution in [0.3, 0.4) is 0 Å². The first kappa shape index (κ1) is 7.00. The zero-order valence-electron chi connectivity index (χ0n) is 6.28. The van der Waals surface area contributed by atoms with Crippen LogP contribution >= 0.6 is 0 Å². The monoisotopic (exact) mass is 162 g/mol. The van der Waals surface area contributed by atoms with Crippen molar-refractivity contribution in [2.75, 3.05) is 6.61 Å². The van der Waals surface area contributed by atoms with Crippen LogP contribution in [-0.4, -0.2) is 23.1 Å². The molecule has 0 saturated heterocycles. The summed E-state index contributed by atoms with van der Waals surface area (Å²) < 4.78 is 4.78. The maximum atomic E-state index is 11.1. The molecule has 2 rings (SSSR count).